The van der Waals surface area contributed by atoms with Crippen LogP contribution in [0, 0.1) is 0 Å². The number of rotatable bonds is 3. The molecule has 106 valence electrons. The number of hydrogen-bond donors (Lipinski definition) is 2. The Kier molecular flexibility index (Phi) is 3.73. The van der Waals surface area contributed by atoms with E-state index in [1.54, 1.807) is 0 Å². The number of carbonyl (C=O) groups is 1. The first-order valence-corrected chi connectivity index (χ1v) is 8.70. The molecule has 1 aliphatic rings. The summed E-state index contributed by atoms with van der Waals surface area (Å²) < 4.78 is 23.8. The molecular weight excluding hydrogens is 286 g/mol. The number of hydrogen-bond acceptors (Lipinski definition) is 6. The minimum Gasteiger partial charge on any atom is -0.396 e. The van der Waals surface area contributed by atoms with Crippen LogP contribution in [0.2, 0.25) is 0 Å². The van der Waals surface area contributed by atoms with Crippen LogP contribution in [0.4, 0.5) is 10.7 Å². The fourth-order valence-corrected chi connectivity index (χ4v) is 4.87. The van der Waals surface area contributed by atoms with Crippen LogP contribution in [0.15, 0.2) is 4.90 Å². The van der Waals surface area contributed by atoms with Crippen molar-refractivity contribution in [3.63, 3.8) is 0 Å². The molecule has 1 amide bonds. The van der Waals surface area contributed by atoms with Gasteiger partial charge < -0.3 is 16.4 Å². The standard InChI is InChI=1S/C11H17N3O3S2/c1-19(16,17)9-7(12)8(10(13)15)18-11(9)14-5-3-2-4-6-14/h2-6,12H2,1H3,(H2,13,15). The topological polar surface area (TPSA) is 106 Å². The highest BCUT2D eigenvalue weighted by Crippen LogP contribution is 2.42. The molecule has 6 nitrogen and oxygen atoms in total. The van der Waals surface area contributed by atoms with Crippen molar-refractivity contribution < 1.29 is 13.2 Å². The smallest absolute Gasteiger partial charge is 0.261 e. The second kappa shape index (κ2) is 5.01. The van der Waals surface area contributed by atoms with Gasteiger partial charge in [-0.15, -0.1) is 11.3 Å². The van der Waals surface area contributed by atoms with E-state index in [1.807, 2.05) is 4.90 Å². The molecule has 0 spiro atoms. The minimum absolute atomic E-state index is 0.0134. The molecule has 19 heavy (non-hydrogen) atoms. The molecule has 4 N–H and O–H groups in total. The van der Waals surface area contributed by atoms with Crippen molar-refractivity contribution >= 4 is 37.8 Å². The predicted molar refractivity (Wildman–Crippen MR) is 76.4 cm³/mol. The number of primary amides is 1. The lowest BCUT2D eigenvalue weighted by atomic mass is 10.1. The van der Waals surface area contributed by atoms with Crippen LogP contribution in [0.1, 0.15) is 28.9 Å². The Balaban J connectivity index is 2.58. The lowest BCUT2D eigenvalue weighted by molar-refractivity contribution is 0.100. The summed E-state index contributed by atoms with van der Waals surface area (Å²) in [5.74, 6) is -0.685. The van der Waals surface area contributed by atoms with Gasteiger partial charge in [-0.1, -0.05) is 0 Å². The average Bonchev–Trinajstić information content (AvgIpc) is 2.68. The molecule has 1 fully saturated rings. The first-order chi connectivity index (χ1) is 8.82. The van der Waals surface area contributed by atoms with Gasteiger partial charge >= 0.3 is 0 Å². The molecule has 2 heterocycles. The third-order valence-electron chi connectivity index (χ3n) is 3.12. The van der Waals surface area contributed by atoms with Crippen molar-refractivity contribution in [2.45, 2.75) is 24.2 Å². The van der Waals surface area contributed by atoms with Crippen LogP contribution < -0.4 is 16.4 Å². The Labute approximate surface area is 116 Å². The van der Waals surface area contributed by atoms with Gasteiger partial charge in [-0.05, 0) is 19.3 Å². The number of thiophene rings is 1. The maximum atomic E-state index is 11.9. The van der Waals surface area contributed by atoms with Crippen molar-refractivity contribution in [3.05, 3.63) is 4.88 Å². The summed E-state index contributed by atoms with van der Waals surface area (Å²) in [5, 5.41) is 0.550. The van der Waals surface area contributed by atoms with Gasteiger partial charge in [0.25, 0.3) is 5.91 Å². The van der Waals surface area contributed by atoms with E-state index in [0.29, 0.717) is 5.00 Å². The van der Waals surface area contributed by atoms with E-state index >= 15 is 0 Å². The Bertz CT molecular complexity index is 601. The van der Waals surface area contributed by atoms with Crippen molar-refractivity contribution in [1.82, 2.24) is 0 Å². The summed E-state index contributed by atoms with van der Waals surface area (Å²) in [6, 6.07) is 0. The van der Waals surface area contributed by atoms with Gasteiger partial charge in [-0.25, -0.2) is 8.42 Å². The van der Waals surface area contributed by atoms with Gasteiger partial charge in [0, 0.05) is 19.3 Å². The number of amides is 1. The quantitative estimate of drug-likeness (QED) is 0.860. The Morgan fingerprint density at radius 1 is 1.26 bits per heavy atom. The molecule has 0 radical (unpaired) electrons. The Hall–Kier alpha value is -1.28. The predicted octanol–water partition coefficient (Wildman–Crippen LogP) is 0.823. The van der Waals surface area contributed by atoms with Crippen LogP contribution in [-0.2, 0) is 9.84 Å². The molecule has 2 rings (SSSR count). The molecular formula is C11H17N3O3S2. The van der Waals surface area contributed by atoms with Gasteiger partial charge in [-0.3, -0.25) is 4.79 Å². The fourth-order valence-electron chi connectivity index (χ4n) is 2.26. The molecule has 1 aromatic rings. The normalized spacial score (nSPS) is 16.6. The summed E-state index contributed by atoms with van der Waals surface area (Å²) >= 11 is 1.07. The zero-order valence-electron chi connectivity index (χ0n) is 10.7. The van der Waals surface area contributed by atoms with E-state index in [2.05, 4.69) is 0 Å². The number of carbonyl (C=O) groups excluding carboxylic acids is 1. The molecule has 1 aliphatic heterocycles. The van der Waals surface area contributed by atoms with Crippen molar-refractivity contribution in [2.24, 2.45) is 5.73 Å². The molecule has 1 saturated heterocycles. The van der Waals surface area contributed by atoms with Gasteiger partial charge in [-0.2, -0.15) is 0 Å². The summed E-state index contributed by atoms with van der Waals surface area (Å²) in [6.07, 6.45) is 4.25. The highest BCUT2D eigenvalue weighted by atomic mass is 32.2. The first kappa shape index (κ1) is 14.1. The number of piperidine rings is 1. The third kappa shape index (κ3) is 2.69. The number of sulfone groups is 1. The van der Waals surface area contributed by atoms with Crippen LogP contribution >= 0.6 is 11.3 Å². The minimum atomic E-state index is -3.49. The van der Waals surface area contributed by atoms with Gasteiger partial charge in [0.05, 0.1) is 5.69 Å². The second-order valence-electron chi connectivity index (χ2n) is 4.66. The number of nitrogens with two attached hydrogens (primary N) is 2. The number of nitrogen functional groups attached to an aromatic ring is 1. The van der Waals surface area contributed by atoms with E-state index in [-0.39, 0.29) is 15.5 Å². The average molecular weight is 303 g/mol. The highest BCUT2D eigenvalue weighted by molar-refractivity contribution is 7.91. The summed E-state index contributed by atoms with van der Waals surface area (Å²) in [5.41, 5.74) is 11.0. The fraction of sp³-hybridized carbons (Fsp3) is 0.545. The van der Waals surface area contributed by atoms with Crippen LogP contribution in [-0.4, -0.2) is 33.7 Å². The van der Waals surface area contributed by atoms with E-state index in [9.17, 15) is 13.2 Å². The molecule has 1 aromatic heterocycles. The van der Waals surface area contributed by atoms with Crippen molar-refractivity contribution in [1.29, 1.82) is 0 Å². The molecule has 0 atom stereocenters. The highest BCUT2D eigenvalue weighted by Gasteiger charge is 2.29. The molecule has 0 aliphatic carbocycles. The van der Waals surface area contributed by atoms with Gasteiger partial charge in [0.15, 0.2) is 9.84 Å². The molecule has 8 heteroatoms. The summed E-state index contributed by atoms with van der Waals surface area (Å²) in [6.45, 7) is 1.56. The van der Waals surface area contributed by atoms with Crippen molar-refractivity contribution in [2.75, 3.05) is 30.0 Å². The lowest BCUT2D eigenvalue weighted by Gasteiger charge is -2.28. The van der Waals surface area contributed by atoms with E-state index in [4.69, 9.17) is 11.5 Å². The van der Waals surface area contributed by atoms with Crippen molar-refractivity contribution in [3.8, 4) is 0 Å². The van der Waals surface area contributed by atoms with Crippen LogP contribution in [0.5, 0.6) is 0 Å². The van der Waals surface area contributed by atoms with E-state index < -0.39 is 15.7 Å². The monoisotopic (exact) mass is 303 g/mol. The lowest BCUT2D eigenvalue weighted by Crippen LogP contribution is -2.29. The summed E-state index contributed by atoms with van der Waals surface area (Å²) in [7, 11) is -3.49. The molecule has 0 saturated carbocycles. The SMILES string of the molecule is CS(=O)(=O)c1c(N2CCCCC2)sc(C(N)=O)c1N. The molecule has 0 unspecified atom stereocenters. The zero-order chi connectivity index (χ0) is 14.2. The number of anilines is 2. The van der Waals surface area contributed by atoms with E-state index in [1.165, 1.54) is 0 Å². The van der Waals surface area contributed by atoms with Gasteiger partial charge in [0.1, 0.15) is 14.8 Å². The molecule has 0 bridgehead atoms. The first-order valence-electron chi connectivity index (χ1n) is 5.99. The number of nitrogens with zero attached hydrogens (tertiary/aromatic N) is 1. The Morgan fingerprint density at radius 2 is 1.84 bits per heavy atom. The van der Waals surface area contributed by atoms with E-state index in [0.717, 1.165) is 49.9 Å². The second-order valence-corrected chi connectivity index (χ2v) is 7.61. The maximum absolute atomic E-state index is 11.9. The third-order valence-corrected chi connectivity index (χ3v) is 5.69. The molecule has 0 aromatic carbocycles. The Morgan fingerprint density at radius 3 is 2.32 bits per heavy atom. The van der Waals surface area contributed by atoms with Crippen LogP contribution in [0.25, 0.3) is 0 Å². The largest absolute Gasteiger partial charge is 0.396 e. The summed E-state index contributed by atoms with van der Waals surface area (Å²) in [4.78, 5) is 13.5. The zero-order valence-corrected chi connectivity index (χ0v) is 12.3. The van der Waals surface area contributed by atoms with Gasteiger partial charge in [0.2, 0.25) is 0 Å². The maximum Gasteiger partial charge on any atom is 0.261 e. The van der Waals surface area contributed by atoms with Crippen LogP contribution in [0.3, 0.4) is 0 Å².